The highest BCUT2D eigenvalue weighted by Gasteiger charge is 2.13. The van der Waals surface area contributed by atoms with Crippen LogP contribution in [-0.4, -0.2) is 17.0 Å². The van der Waals surface area contributed by atoms with Crippen molar-refractivity contribution in [3.63, 3.8) is 0 Å². The Balaban J connectivity index is 2.31. The molecule has 0 heterocycles. The Labute approximate surface area is 127 Å². The summed E-state index contributed by atoms with van der Waals surface area (Å²) in [6.45, 7) is 0. The average Bonchev–Trinajstić information content (AvgIpc) is 2.40. The van der Waals surface area contributed by atoms with Gasteiger partial charge in [0.25, 0.3) is 5.91 Å². The van der Waals surface area contributed by atoms with E-state index in [2.05, 4.69) is 21.2 Å². The number of carbonyl (C=O) groups is 2. The first-order valence-corrected chi connectivity index (χ1v) is 6.56. The zero-order chi connectivity index (χ0) is 15.6. The summed E-state index contributed by atoms with van der Waals surface area (Å²) in [5.74, 6) is -2.34. The second-order valence-electron chi connectivity index (χ2n) is 4.22. The molecule has 0 bridgehead atoms. The number of nitrogens with two attached hydrogens (primary N) is 1. The molecule has 2 rings (SSSR count). The molecule has 1 amide bonds. The molecule has 0 saturated carbocycles. The molecule has 0 spiro atoms. The summed E-state index contributed by atoms with van der Waals surface area (Å²) in [7, 11) is 0. The van der Waals surface area contributed by atoms with E-state index in [0.717, 1.165) is 12.1 Å². The number of benzene rings is 2. The largest absolute Gasteiger partial charge is 0.478 e. The highest BCUT2D eigenvalue weighted by Crippen LogP contribution is 2.21. The number of hydrogen-bond donors (Lipinski definition) is 3. The molecule has 0 aliphatic heterocycles. The summed E-state index contributed by atoms with van der Waals surface area (Å²) >= 11 is 3.15. The summed E-state index contributed by atoms with van der Waals surface area (Å²) in [5.41, 5.74) is 5.99. The number of hydrogen-bond acceptors (Lipinski definition) is 3. The van der Waals surface area contributed by atoms with E-state index in [1.165, 1.54) is 24.3 Å². The Hall–Kier alpha value is -2.41. The number of carboxylic acids is 1. The molecule has 108 valence electrons. The van der Waals surface area contributed by atoms with E-state index >= 15 is 0 Å². The Morgan fingerprint density at radius 1 is 1.19 bits per heavy atom. The van der Waals surface area contributed by atoms with Crippen molar-refractivity contribution < 1.29 is 19.1 Å². The predicted molar refractivity (Wildman–Crippen MR) is 79.9 cm³/mol. The van der Waals surface area contributed by atoms with Crippen LogP contribution >= 0.6 is 15.9 Å². The molecular weight excluding hydrogens is 343 g/mol. The minimum atomic E-state index is -1.13. The lowest BCUT2D eigenvalue weighted by Gasteiger charge is -2.09. The van der Waals surface area contributed by atoms with E-state index in [0.29, 0.717) is 4.47 Å². The van der Waals surface area contributed by atoms with Crippen molar-refractivity contribution in [2.75, 3.05) is 11.1 Å². The van der Waals surface area contributed by atoms with Crippen molar-refractivity contribution in [2.24, 2.45) is 0 Å². The monoisotopic (exact) mass is 352 g/mol. The number of carboxylic acid groups (broad SMARTS) is 1. The Morgan fingerprint density at radius 3 is 2.57 bits per heavy atom. The zero-order valence-electron chi connectivity index (χ0n) is 10.6. The summed E-state index contributed by atoms with van der Waals surface area (Å²) in [6.07, 6.45) is 0. The van der Waals surface area contributed by atoms with Crippen LogP contribution < -0.4 is 11.1 Å². The van der Waals surface area contributed by atoms with Gasteiger partial charge in [0, 0.05) is 15.8 Å². The maximum atomic E-state index is 13.2. The van der Waals surface area contributed by atoms with Crippen molar-refractivity contribution in [3.05, 3.63) is 57.8 Å². The number of amides is 1. The highest BCUT2D eigenvalue weighted by molar-refractivity contribution is 9.10. The number of nitrogens with one attached hydrogen (secondary N) is 1. The fraction of sp³-hybridized carbons (Fsp3) is 0. The molecule has 0 saturated heterocycles. The zero-order valence-corrected chi connectivity index (χ0v) is 12.1. The molecule has 0 aliphatic rings. The summed E-state index contributed by atoms with van der Waals surface area (Å²) in [5, 5.41) is 11.4. The second kappa shape index (κ2) is 5.92. The van der Waals surface area contributed by atoms with Gasteiger partial charge >= 0.3 is 5.97 Å². The van der Waals surface area contributed by atoms with Gasteiger partial charge in [0.05, 0.1) is 11.1 Å². The summed E-state index contributed by atoms with van der Waals surface area (Å²) in [4.78, 5) is 23.0. The SMILES string of the molecule is Nc1ccc(F)cc1C(=O)Nc1cc(Br)cc(C(=O)O)c1. The molecular formula is C14H10BrFN2O3. The molecule has 2 aromatic carbocycles. The third kappa shape index (κ3) is 3.57. The first-order chi connectivity index (χ1) is 9.86. The molecule has 7 heteroatoms. The lowest BCUT2D eigenvalue weighted by atomic mass is 10.1. The van der Waals surface area contributed by atoms with Crippen LogP contribution in [0.2, 0.25) is 0 Å². The number of rotatable bonds is 3. The lowest BCUT2D eigenvalue weighted by Crippen LogP contribution is -2.14. The van der Waals surface area contributed by atoms with Gasteiger partial charge in [0.1, 0.15) is 5.82 Å². The number of nitrogen functional groups attached to an aromatic ring is 1. The van der Waals surface area contributed by atoms with Gasteiger partial charge < -0.3 is 16.2 Å². The van der Waals surface area contributed by atoms with E-state index in [9.17, 15) is 14.0 Å². The van der Waals surface area contributed by atoms with Crippen LogP contribution in [0.1, 0.15) is 20.7 Å². The molecule has 0 aromatic heterocycles. The van der Waals surface area contributed by atoms with Crippen molar-refractivity contribution in [2.45, 2.75) is 0 Å². The third-order valence-electron chi connectivity index (χ3n) is 2.66. The fourth-order valence-corrected chi connectivity index (χ4v) is 2.20. The van der Waals surface area contributed by atoms with Crippen molar-refractivity contribution >= 4 is 39.2 Å². The average molecular weight is 353 g/mol. The van der Waals surface area contributed by atoms with Crippen LogP contribution in [0, 0.1) is 5.82 Å². The second-order valence-corrected chi connectivity index (χ2v) is 5.14. The van der Waals surface area contributed by atoms with Gasteiger partial charge in [-0.2, -0.15) is 0 Å². The summed E-state index contributed by atoms with van der Waals surface area (Å²) in [6, 6.07) is 7.66. The standard InChI is InChI=1S/C14H10BrFN2O3/c15-8-3-7(14(20)21)4-10(5-8)18-13(19)11-6-9(16)1-2-12(11)17/h1-6H,17H2,(H,18,19)(H,20,21). The molecule has 0 aliphatic carbocycles. The van der Waals surface area contributed by atoms with Crippen molar-refractivity contribution in [1.82, 2.24) is 0 Å². The summed E-state index contributed by atoms with van der Waals surface area (Å²) < 4.78 is 13.7. The van der Waals surface area contributed by atoms with Crippen LogP contribution in [0.15, 0.2) is 40.9 Å². The van der Waals surface area contributed by atoms with Crippen molar-refractivity contribution in [1.29, 1.82) is 0 Å². The van der Waals surface area contributed by atoms with E-state index < -0.39 is 17.7 Å². The molecule has 0 unspecified atom stereocenters. The predicted octanol–water partition coefficient (Wildman–Crippen LogP) is 3.12. The van der Waals surface area contributed by atoms with E-state index in [1.54, 1.807) is 0 Å². The van der Waals surface area contributed by atoms with Gasteiger partial charge in [0.2, 0.25) is 0 Å². The molecule has 0 fully saturated rings. The maximum absolute atomic E-state index is 13.2. The molecule has 0 atom stereocenters. The van der Waals surface area contributed by atoms with Gasteiger partial charge in [-0.3, -0.25) is 4.79 Å². The van der Waals surface area contributed by atoms with Gasteiger partial charge in [-0.05, 0) is 36.4 Å². The smallest absolute Gasteiger partial charge is 0.335 e. The van der Waals surface area contributed by atoms with Crippen LogP contribution in [0.3, 0.4) is 0 Å². The van der Waals surface area contributed by atoms with E-state index in [-0.39, 0.29) is 22.5 Å². The van der Waals surface area contributed by atoms with Gasteiger partial charge in [-0.25, -0.2) is 9.18 Å². The lowest BCUT2D eigenvalue weighted by molar-refractivity contribution is 0.0696. The number of carbonyl (C=O) groups excluding carboxylic acids is 1. The van der Waals surface area contributed by atoms with E-state index in [4.69, 9.17) is 10.8 Å². The quantitative estimate of drug-likeness (QED) is 0.740. The minimum Gasteiger partial charge on any atom is -0.478 e. The number of aromatic carboxylic acids is 1. The highest BCUT2D eigenvalue weighted by atomic mass is 79.9. The number of halogens is 2. The minimum absolute atomic E-state index is 0.00638. The van der Waals surface area contributed by atoms with Crippen LogP contribution in [0.5, 0.6) is 0 Å². The Kier molecular flexibility index (Phi) is 4.23. The Bertz CT molecular complexity index is 734. The first-order valence-electron chi connectivity index (χ1n) is 5.77. The fourth-order valence-electron chi connectivity index (χ4n) is 1.71. The third-order valence-corrected chi connectivity index (χ3v) is 3.12. The van der Waals surface area contributed by atoms with Gasteiger partial charge in [0.15, 0.2) is 0 Å². The van der Waals surface area contributed by atoms with Gasteiger partial charge in [-0.1, -0.05) is 15.9 Å². The van der Waals surface area contributed by atoms with Gasteiger partial charge in [-0.15, -0.1) is 0 Å². The maximum Gasteiger partial charge on any atom is 0.335 e. The van der Waals surface area contributed by atoms with Crippen LogP contribution in [0.25, 0.3) is 0 Å². The van der Waals surface area contributed by atoms with Crippen molar-refractivity contribution in [3.8, 4) is 0 Å². The topological polar surface area (TPSA) is 92.4 Å². The number of anilines is 2. The van der Waals surface area contributed by atoms with Crippen LogP contribution in [0.4, 0.5) is 15.8 Å². The van der Waals surface area contributed by atoms with Crippen LogP contribution in [-0.2, 0) is 0 Å². The molecule has 4 N–H and O–H groups in total. The molecule has 0 radical (unpaired) electrons. The first kappa shape index (κ1) is 15.0. The van der Waals surface area contributed by atoms with E-state index in [1.807, 2.05) is 0 Å². The normalized spacial score (nSPS) is 10.2. The Morgan fingerprint density at radius 2 is 1.90 bits per heavy atom. The molecule has 2 aromatic rings. The molecule has 5 nitrogen and oxygen atoms in total. The molecule has 21 heavy (non-hydrogen) atoms.